The Morgan fingerprint density at radius 1 is 1.33 bits per heavy atom. The van der Waals surface area contributed by atoms with E-state index >= 15 is 0 Å². The van der Waals surface area contributed by atoms with Gasteiger partial charge in [0, 0.05) is 26.2 Å². The maximum Gasteiger partial charge on any atom is 0.234 e. The molecule has 0 aromatic heterocycles. The van der Waals surface area contributed by atoms with Crippen LogP contribution < -0.4 is 10.6 Å². The van der Waals surface area contributed by atoms with Gasteiger partial charge in [0.2, 0.25) is 5.91 Å². The van der Waals surface area contributed by atoms with Gasteiger partial charge in [-0.15, -0.1) is 0 Å². The summed E-state index contributed by atoms with van der Waals surface area (Å²) in [5.41, 5.74) is 0.213. The summed E-state index contributed by atoms with van der Waals surface area (Å²) in [6.07, 6.45) is 4.21. The molecule has 0 radical (unpaired) electrons. The highest BCUT2D eigenvalue weighted by molar-refractivity contribution is 5.78. The SMILES string of the molecule is O=C(CN1CCCNCC1)NCC1(CCO)CC1. The topological polar surface area (TPSA) is 64.6 Å². The molecule has 2 rings (SSSR count). The van der Waals surface area contributed by atoms with Gasteiger partial charge in [-0.2, -0.15) is 0 Å². The van der Waals surface area contributed by atoms with Crippen molar-refractivity contribution >= 4 is 5.91 Å². The number of hydrogen-bond donors (Lipinski definition) is 3. The molecule has 0 aromatic rings. The summed E-state index contributed by atoms with van der Waals surface area (Å²) in [6, 6.07) is 0. The zero-order chi connectivity index (χ0) is 12.8. The van der Waals surface area contributed by atoms with Crippen LogP contribution in [0.1, 0.15) is 25.7 Å². The second kappa shape index (κ2) is 6.50. The third kappa shape index (κ3) is 4.23. The number of carbonyl (C=O) groups excluding carboxylic acids is 1. The van der Waals surface area contributed by atoms with Crippen molar-refractivity contribution in [2.75, 3.05) is 45.9 Å². The standard InChI is InChI=1S/C13H25N3O2/c17-9-4-13(2-3-13)11-15-12(18)10-16-7-1-5-14-6-8-16/h14,17H,1-11H2,(H,15,18). The smallest absolute Gasteiger partial charge is 0.234 e. The van der Waals surface area contributed by atoms with Crippen molar-refractivity contribution in [2.45, 2.75) is 25.7 Å². The van der Waals surface area contributed by atoms with Gasteiger partial charge in [-0.25, -0.2) is 0 Å². The fraction of sp³-hybridized carbons (Fsp3) is 0.923. The Hall–Kier alpha value is -0.650. The molecule has 5 heteroatoms. The van der Waals surface area contributed by atoms with Crippen molar-refractivity contribution in [2.24, 2.45) is 5.41 Å². The fourth-order valence-electron chi connectivity index (χ4n) is 2.53. The monoisotopic (exact) mass is 255 g/mol. The number of amides is 1. The first-order valence-corrected chi connectivity index (χ1v) is 7.05. The number of nitrogens with zero attached hydrogens (tertiary/aromatic N) is 1. The van der Waals surface area contributed by atoms with Gasteiger partial charge in [-0.1, -0.05) is 0 Å². The normalized spacial score (nSPS) is 23.4. The van der Waals surface area contributed by atoms with Crippen LogP contribution in [0.4, 0.5) is 0 Å². The first kappa shape index (κ1) is 13.8. The van der Waals surface area contributed by atoms with Crippen molar-refractivity contribution in [3.63, 3.8) is 0 Å². The number of aliphatic hydroxyl groups is 1. The molecule has 1 saturated heterocycles. The third-order valence-electron chi connectivity index (χ3n) is 4.06. The van der Waals surface area contributed by atoms with Crippen LogP contribution in [0.15, 0.2) is 0 Å². The van der Waals surface area contributed by atoms with Crippen LogP contribution in [-0.4, -0.2) is 61.8 Å². The summed E-state index contributed by atoms with van der Waals surface area (Å²) in [6.45, 7) is 5.46. The van der Waals surface area contributed by atoms with E-state index in [9.17, 15) is 4.79 Å². The van der Waals surface area contributed by atoms with Gasteiger partial charge in [0.1, 0.15) is 0 Å². The number of aliphatic hydroxyl groups excluding tert-OH is 1. The van der Waals surface area contributed by atoms with Crippen LogP contribution in [-0.2, 0) is 4.79 Å². The van der Waals surface area contributed by atoms with E-state index in [1.165, 1.54) is 0 Å². The molecular formula is C13H25N3O2. The first-order valence-electron chi connectivity index (χ1n) is 7.05. The van der Waals surface area contributed by atoms with Crippen LogP contribution >= 0.6 is 0 Å². The lowest BCUT2D eigenvalue weighted by molar-refractivity contribution is -0.122. The molecule has 2 fully saturated rings. The molecule has 0 aromatic carbocycles. The number of rotatable bonds is 6. The van der Waals surface area contributed by atoms with Gasteiger partial charge >= 0.3 is 0 Å². The molecule has 2 aliphatic rings. The fourth-order valence-corrected chi connectivity index (χ4v) is 2.53. The summed E-state index contributed by atoms with van der Waals surface area (Å²) < 4.78 is 0. The van der Waals surface area contributed by atoms with Crippen LogP contribution in [0.5, 0.6) is 0 Å². The zero-order valence-electron chi connectivity index (χ0n) is 11.1. The van der Waals surface area contributed by atoms with E-state index in [0.717, 1.165) is 58.4 Å². The molecule has 1 aliphatic heterocycles. The summed E-state index contributed by atoms with van der Waals surface area (Å²) in [5.74, 6) is 0.126. The van der Waals surface area contributed by atoms with E-state index in [4.69, 9.17) is 5.11 Å². The van der Waals surface area contributed by atoms with E-state index in [-0.39, 0.29) is 17.9 Å². The molecule has 1 heterocycles. The minimum absolute atomic E-state index is 0.126. The lowest BCUT2D eigenvalue weighted by Gasteiger charge is -2.20. The van der Waals surface area contributed by atoms with Crippen LogP contribution in [0.2, 0.25) is 0 Å². The van der Waals surface area contributed by atoms with Gasteiger partial charge in [-0.3, -0.25) is 9.69 Å². The Labute approximate surface area is 109 Å². The first-order chi connectivity index (χ1) is 8.74. The number of carbonyl (C=O) groups is 1. The molecule has 0 bridgehead atoms. The van der Waals surface area contributed by atoms with Gasteiger partial charge < -0.3 is 15.7 Å². The molecule has 0 spiro atoms. The summed E-state index contributed by atoms with van der Waals surface area (Å²) in [4.78, 5) is 14.1. The van der Waals surface area contributed by atoms with Crippen molar-refractivity contribution in [3.8, 4) is 0 Å². The van der Waals surface area contributed by atoms with Crippen molar-refractivity contribution in [3.05, 3.63) is 0 Å². The molecule has 104 valence electrons. The highest BCUT2D eigenvalue weighted by Gasteiger charge is 2.41. The van der Waals surface area contributed by atoms with E-state index in [1.807, 2.05) is 0 Å². The molecule has 0 atom stereocenters. The maximum atomic E-state index is 11.9. The Bertz CT molecular complexity index is 271. The molecule has 1 aliphatic carbocycles. The predicted octanol–water partition coefficient (Wildman–Crippen LogP) is -0.439. The molecule has 5 nitrogen and oxygen atoms in total. The molecule has 3 N–H and O–H groups in total. The van der Waals surface area contributed by atoms with Crippen LogP contribution in [0.25, 0.3) is 0 Å². The van der Waals surface area contributed by atoms with Gasteiger partial charge in [-0.05, 0) is 44.2 Å². The zero-order valence-corrected chi connectivity index (χ0v) is 11.1. The van der Waals surface area contributed by atoms with E-state index in [2.05, 4.69) is 15.5 Å². The lowest BCUT2D eigenvalue weighted by Crippen LogP contribution is -2.40. The highest BCUT2D eigenvalue weighted by Crippen LogP contribution is 2.47. The van der Waals surface area contributed by atoms with Crippen molar-refractivity contribution in [1.82, 2.24) is 15.5 Å². The van der Waals surface area contributed by atoms with Crippen LogP contribution in [0.3, 0.4) is 0 Å². The Balaban J connectivity index is 1.65. The van der Waals surface area contributed by atoms with Gasteiger partial charge in [0.25, 0.3) is 0 Å². The maximum absolute atomic E-state index is 11.9. The van der Waals surface area contributed by atoms with Gasteiger partial charge in [0.05, 0.1) is 6.54 Å². The molecule has 1 amide bonds. The predicted molar refractivity (Wildman–Crippen MR) is 70.3 cm³/mol. The quantitative estimate of drug-likeness (QED) is 0.602. The Kier molecular flexibility index (Phi) is 4.97. The van der Waals surface area contributed by atoms with E-state index in [1.54, 1.807) is 0 Å². The van der Waals surface area contributed by atoms with Crippen molar-refractivity contribution in [1.29, 1.82) is 0 Å². The minimum atomic E-state index is 0.126. The molecule has 0 unspecified atom stereocenters. The molecule has 18 heavy (non-hydrogen) atoms. The van der Waals surface area contributed by atoms with Crippen molar-refractivity contribution < 1.29 is 9.90 Å². The van der Waals surface area contributed by atoms with E-state index < -0.39 is 0 Å². The highest BCUT2D eigenvalue weighted by atomic mass is 16.3. The summed E-state index contributed by atoms with van der Waals surface area (Å²) in [5, 5.41) is 15.3. The Morgan fingerprint density at radius 3 is 2.89 bits per heavy atom. The number of nitrogens with one attached hydrogen (secondary N) is 2. The lowest BCUT2D eigenvalue weighted by atomic mass is 10.0. The second-order valence-electron chi connectivity index (χ2n) is 5.63. The second-order valence-corrected chi connectivity index (χ2v) is 5.63. The average molecular weight is 255 g/mol. The van der Waals surface area contributed by atoms with Gasteiger partial charge in [0.15, 0.2) is 0 Å². The van der Waals surface area contributed by atoms with E-state index in [0.29, 0.717) is 6.54 Å². The minimum Gasteiger partial charge on any atom is -0.396 e. The Morgan fingerprint density at radius 2 is 2.17 bits per heavy atom. The van der Waals surface area contributed by atoms with Crippen LogP contribution in [0, 0.1) is 5.41 Å². The number of hydrogen-bond acceptors (Lipinski definition) is 4. The summed E-state index contributed by atoms with van der Waals surface area (Å²) >= 11 is 0. The third-order valence-corrected chi connectivity index (χ3v) is 4.06. The molecular weight excluding hydrogens is 230 g/mol. The largest absolute Gasteiger partial charge is 0.396 e. The molecule has 1 saturated carbocycles. The summed E-state index contributed by atoms with van der Waals surface area (Å²) in [7, 11) is 0. The average Bonchev–Trinajstić information content (AvgIpc) is 3.13.